The monoisotopic (exact) mass is 267 g/mol. The van der Waals surface area contributed by atoms with Gasteiger partial charge in [0.25, 0.3) is 0 Å². The molecule has 0 saturated carbocycles. The molecule has 0 aliphatic carbocycles. The van der Waals surface area contributed by atoms with Gasteiger partial charge in [-0.15, -0.1) is 0 Å². The largest absolute Gasteiger partial charge is 0.361 e. The fourth-order valence-electron chi connectivity index (χ4n) is 3.59. The summed E-state index contributed by atoms with van der Waals surface area (Å²) in [5.74, 6) is 1.33. The van der Waals surface area contributed by atoms with Crippen molar-refractivity contribution in [2.24, 2.45) is 11.8 Å². The smallest absolute Gasteiger partial charge is 0.125 e. The van der Waals surface area contributed by atoms with E-state index in [0.717, 1.165) is 24.2 Å². The summed E-state index contributed by atoms with van der Waals surface area (Å²) in [6, 6.07) is 10.6. The van der Waals surface area contributed by atoms with Crippen LogP contribution in [0.3, 0.4) is 0 Å². The fraction of sp³-hybridized carbons (Fsp3) is 0.471. The summed E-state index contributed by atoms with van der Waals surface area (Å²) in [5.41, 5.74) is 2.23. The molecule has 0 amide bonds. The molecule has 3 unspecified atom stereocenters. The Bertz CT molecular complexity index is 627. The first-order valence-electron chi connectivity index (χ1n) is 7.38. The maximum Gasteiger partial charge on any atom is 0.125 e. The third-order valence-corrected chi connectivity index (χ3v) is 4.30. The van der Waals surface area contributed by atoms with Gasteiger partial charge in [0.1, 0.15) is 6.04 Å². The van der Waals surface area contributed by atoms with Gasteiger partial charge in [-0.3, -0.25) is 4.90 Å². The highest BCUT2D eigenvalue weighted by Crippen LogP contribution is 2.32. The Hall–Kier alpha value is -1.79. The van der Waals surface area contributed by atoms with Crippen molar-refractivity contribution in [2.45, 2.75) is 26.3 Å². The molecule has 20 heavy (non-hydrogen) atoms. The number of likely N-dealkylation sites (tertiary alicyclic amines) is 1. The number of aromatic nitrogens is 1. The topological polar surface area (TPSA) is 42.8 Å². The Kier molecular flexibility index (Phi) is 3.50. The lowest BCUT2D eigenvalue weighted by Crippen LogP contribution is -2.40. The predicted octanol–water partition coefficient (Wildman–Crippen LogP) is 3.71. The number of rotatable bonds is 2. The summed E-state index contributed by atoms with van der Waals surface area (Å²) in [5, 5.41) is 10.8. The molecule has 2 aromatic rings. The summed E-state index contributed by atoms with van der Waals surface area (Å²) in [6.45, 7) is 6.60. The van der Waals surface area contributed by atoms with Gasteiger partial charge in [-0.2, -0.15) is 5.26 Å². The van der Waals surface area contributed by atoms with E-state index in [2.05, 4.69) is 41.9 Å². The van der Waals surface area contributed by atoms with E-state index in [9.17, 15) is 5.26 Å². The Balaban J connectivity index is 1.96. The van der Waals surface area contributed by atoms with Crippen LogP contribution < -0.4 is 0 Å². The SMILES string of the molecule is CC1CC(C)CN(C(C#N)c2c[nH]c3ccccc23)C1. The van der Waals surface area contributed by atoms with E-state index >= 15 is 0 Å². The summed E-state index contributed by atoms with van der Waals surface area (Å²) in [7, 11) is 0. The first-order valence-corrected chi connectivity index (χ1v) is 7.38. The molecule has 3 nitrogen and oxygen atoms in total. The van der Waals surface area contributed by atoms with Crippen LogP contribution >= 0.6 is 0 Å². The molecule has 1 aromatic heterocycles. The molecule has 0 radical (unpaired) electrons. The van der Waals surface area contributed by atoms with Crippen molar-refractivity contribution in [1.82, 2.24) is 9.88 Å². The summed E-state index contributed by atoms with van der Waals surface area (Å²) >= 11 is 0. The van der Waals surface area contributed by atoms with Crippen LogP contribution in [0.5, 0.6) is 0 Å². The molecule has 2 heterocycles. The van der Waals surface area contributed by atoms with Crippen LogP contribution in [0.25, 0.3) is 10.9 Å². The number of nitriles is 1. The molecule has 1 aromatic carbocycles. The summed E-state index contributed by atoms with van der Waals surface area (Å²) in [4.78, 5) is 5.63. The van der Waals surface area contributed by atoms with Crippen LogP contribution in [0.4, 0.5) is 0 Å². The number of hydrogen-bond acceptors (Lipinski definition) is 2. The van der Waals surface area contributed by atoms with Crippen molar-refractivity contribution in [1.29, 1.82) is 5.26 Å². The molecule has 104 valence electrons. The zero-order valence-electron chi connectivity index (χ0n) is 12.1. The highest BCUT2D eigenvalue weighted by atomic mass is 15.2. The summed E-state index contributed by atoms with van der Waals surface area (Å²) in [6.07, 6.45) is 3.27. The first-order chi connectivity index (χ1) is 9.69. The number of hydrogen-bond donors (Lipinski definition) is 1. The Morgan fingerprint density at radius 3 is 2.65 bits per heavy atom. The molecule has 0 spiro atoms. The Morgan fingerprint density at radius 1 is 1.25 bits per heavy atom. The average molecular weight is 267 g/mol. The van der Waals surface area contributed by atoms with Gasteiger partial charge < -0.3 is 4.98 Å². The zero-order chi connectivity index (χ0) is 14.1. The second-order valence-electron chi connectivity index (χ2n) is 6.22. The molecule has 3 heteroatoms. The zero-order valence-corrected chi connectivity index (χ0v) is 12.1. The van der Waals surface area contributed by atoms with Crippen LogP contribution in [0.2, 0.25) is 0 Å². The third kappa shape index (κ3) is 2.32. The van der Waals surface area contributed by atoms with Crippen molar-refractivity contribution in [3.05, 3.63) is 36.0 Å². The van der Waals surface area contributed by atoms with Crippen molar-refractivity contribution in [3.63, 3.8) is 0 Å². The molecular formula is C17H21N3. The van der Waals surface area contributed by atoms with Crippen LogP contribution in [-0.2, 0) is 0 Å². The molecule has 1 fully saturated rings. The van der Waals surface area contributed by atoms with Gasteiger partial charge in [0.15, 0.2) is 0 Å². The van der Waals surface area contributed by atoms with Crippen LogP contribution in [0.1, 0.15) is 31.9 Å². The van der Waals surface area contributed by atoms with Crippen LogP contribution in [0, 0.1) is 23.2 Å². The number of nitrogens with zero attached hydrogens (tertiary/aromatic N) is 2. The summed E-state index contributed by atoms with van der Waals surface area (Å²) < 4.78 is 0. The van der Waals surface area contributed by atoms with E-state index in [1.165, 1.54) is 11.8 Å². The van der Waals surface area contributed by atoms with E-state index < -0.39 is 0 Å². The number of para-hydroxylation sites is 1. The van der Waals surface area contributed by atoms with Crippen molar-refractivity contribution >= 4 is 10.9 Å². The lowest BCUT2D eigenvalue weighted by Gasteiger charge is -2.37. The van der Waals surface area contributed by atoms with Gasteiger partial charge in [-0.25, -0.2) is 0 Å². The van der Waals surface area contributed by atoms with Gasteiger partial charge in [0.05, 0.1) is 6.07 Å². The number of nitrogens with one attached hydrogen (secondary N) is 1. The molecule has 1 saturated heterocycles. The Morgan fingerprint density at radius 2 is 1.95 bits per heavy atom. The standard InChI is InChI=1S/C17H21N3/c1-12-7-13(2)11-20(10-12)17(8-18)15-9-19-16-6-4-3-5-14(15)16/h3-6,9,12-13,17,19H,7,10-11H2,1-2H3. The van der Waals surface area contributed by atoms with E-state index in [1.807, 2.05) is 18.3 Å². The molecule has 1 aliphatic heterocycles. The lowest BCUT2D eigenvalue weighted by atomic mass is 9.90. The number of H-pyrrole nitrogens is 1. The van der Waals surface area contributed by atoms with Gasteiger partial charge >= 0.3 is 0 Å². The number of fused-ring (bicyclic) bond motifs is 1. The van der Waals surface area contributed by atoms with E-state index in [4.69, 9.17) is 0 Å². The quantitative estimate of drug-likeness (QED) is 0.901. The molecule has 0 bridgehead atoms. The van der Waals surface area contributed by atoms with E-state index in [-0.39, 0.29) is 6.04 Å². The van der Waals surface area contributed by atoms with Crippen LogP contribution in [-0.4, -0.2) is 23.0 Å². The fourth-order valence-corrected chi connectivity index (χ4v) is 3.59. The maximum atomic E-state index is 9.68. The normalized spacial score (nSPS) is 25.4. The minimum absolute atomic E-state index is 0.142. The van der Waals surface area contributed by atoms with Crippen molar-refractivity contribution < 1.29 is 0 Å². The number of piperidine rings is 1. The predicted molar refractivity (Wildman–Crippen MR) is 81.2 cm³/mol. The number of benzene rings is 1. The average Bonchev–Trinajstić information content (AvgIpc) is 2.83. The third-order valence-electron chi connectivity index (χ3n) is 4.30. The molecule has 3 rings (SSSR count). The van der Waals surface area contributed by atoms with Gasteiger partial charge in [-0.1, -0.05) is 32.0 Å². The van der Waals surface area contributed by atoms with Gasteiger partial charge in [0.2, 0.25) is 0 Å². The molecule has 1 N–H and O–H groups in total. The minimum atomic E-state index is -0.142. The van der Waals surface area contributed by atoms with E-state index in [1.54, 1.807) is 0 Å². The maximum absolute atomic E-state index is 9.68. The molecular weight excluding hydrogens is 246 g/mol. The minimum Gasteiger partial charge on any atom is -0.361 e. The highest BCUT2D eigenvalue weighted by Gasteiger charge is 2.29. The molecule has 1 aliphatic rings. The van der Waals surface area contributed by atoms with E-state index in [0.29, 0.717) is 11.8 Å². The first kappa shape index (κ1) is 13.2. The van der Waals surface area contributed by atoms with Crippen molar-refractivity contribution in [3.8, 4) is 6.07 Å². The van der Waals surface area contributed by atoms with Crippen molar-refractivity contribution in [2.75, 3.05) is 13.1 Å². The Labute approximate surface area is 120 Å². The van der Waals surface area contributed by atoms with Gasteiger partial charge in [-0.05, 0) is 24.3 Å². The van der Waals surface area contributed by atoms with Gasteiger partial charge in [0, 0.05) is 35.8 Å². The number of aromatic amines is 1. The van der Waals surface area contributed by atoms with Crippen LogP contribution in [0.15, 0.2) is 30.5 Å². The lowest BCUT2D eigenvalue weighted by molar-refractivity contribution is 0.118. The molecule has 3 atom stereocenters. The second-order valence-corrected chi connectivity index (χ2v) is 6.22. The highest BCUT2D eigenvalue weighted by molar-refractivity contribution is 5.83. The second kappa shape index (κ2) is 5.30.